The van der Waals surface area contributed by atoms with E-state index in [2.05, 4.69) is 57.8 Å². The normalized spacial score (nSPS) is 20.7. The maximum absolute atomic E-state index is 6.57. The van der Waals surface area contributed by atoms with Crippen LogP contribution in [-0.4, -0.2) is 0 Å². The summed E-state index contributed by atoms with van der Waals surface area (Å²) >= 11 is 7.29. The Kier molecular flexibility index (Phi) is 4.56. The van der Waals surface area contributed by atoms with Gasteiger partial charge in [-0.05, 0) is 48.4 Å². The minimum absolute atomic E-state index is 0.115. The van der Waals surface area contributed by atoms with E-state index in [0.29, 0.717) is 0 Å². The summed E-state index contributed by atoms with van der Waals surface area (Å²) in [6, 6.07) is 4.46. The average Bonchev–Trinajstić information content (AvgIpc) is 2.34. The van der Waals surface area contributed by atoms with Crippen LogP contribution in [0.3, 0.4) is 0 Å². The van der Waals surface area contributed by atoms with Crippen molar-refractivity contribution in [3.05, 3.63) is 32.2 Å². The molecule has 1 aromatic carbocycles. The van der Waals surface area contributed by atoms with E-state index in [-0.39, 0.29) is 11.5 Å². The van der Waals surface area contributed by atoms with E-state index >= 15 is 0 Å². The SMILES string of the molecule is Cc1cc(Br)c(C(N)C2(C)CCCCC2)cc1Br. The molecule has 0 bridgehead atoms. The average molecular weight is 375 g/mol. The lowest BCUT2D eigenvalue weighted by Gasteiger charge is -2.39. The molecule has 2 rings (SSSR count). The van der Waals surface area contributed by atoms with Gasteiger partial charge in [0, 0.05) is 15.0 Å². The first-order chi connectivity index (χ1) is 8.44. The lowest BCUT2D eigenvalue weighted by molar-refractivity contribution is 0.170. The zero-order valence-electron chi connectivity index (χ0n) is 11.1. The van der Waals surface area contributed by atoms with Crippen LogP contribution < -0.4 is 5.73 Å². The molecule has 1 nitrogen and oxygen atoms in total. The molecule has 1 atom stereocenters. The Bertz CT molecular complexity index is 436. The van der Waals surface area contributed by atoms with Gasteiger partial charge in [-0.2, -0.15) is 0 Å². The summed E-state index contributed by atoms with van der Waals surface area (Å²) < 4.78 is 2.29. The van der Waals surface area contributed by atoms with Gasteiger partial charge in [-0.15, -0.1) is 0 Å². The van der Waals surface area contributed by atoms with Crippen molar-refractivity contribution in [2.45, 2.75) is 52.0 Å². The van der Waals surface area contributed by atoms with Crippen molar-refractivity contribution >= 4 is 31.9 Å². The van der Waals surface area contributed by atoms with E-state index in [1.807, 2.05) is 0 Å². The molecule has 1 fully saturated rings. The molecule has 1 saturated carbocycles. The molecule has 0 aliphatic heterocycles. The summed E-state index contributed by atoms with van der Waals surface area (Å²) in [5.74, 6) is 0. The molecular formula is C15H21Br2N. The van der Waals surface area contributed by atoms with Crippen LogP contribution in [0.4, 0.5) is 0 Å². The molecule has 3 heteroatoms. The highest BCUT2D eigenvalue weighted by Crippen LogP contribution is 2.46. The highest BCUT2D eigenvalue weighted by molar-refractivity contribution is 9.11. The third-order valence-electron chi connectivity index (χ3n) is 4.36. The standard InChI is InChI=1S/C15H21Br2N/c1-10-8-13(17)11(9-12(10)16)14(18)15(2)6-4-3-5-7-15/h8-9,14H,3-7,18H2,1-2H3. The van der Waals surface area contributed by atoms with Crippen LogP contribution >= 0.6 is 31.9 Å². The lowest BCUT2D eigenvalue weighted by atomic mass is 9.69. The molecule has 0 aromatic heterocycles. The quantitative estimate of drug-likeness (QED) is 0.727. The summed E-state index contributed by atoms with van der Waals surface area (Å²) in [5.41, 5.74) is 9.29. The van der Waals surface area contributed by atoms with Gasteiger partial charge in [0.25, 0.3) is 0 Å². The summed E-state index contributed by atoms with van der Waals surface area (Å²) in [7, 11) is 0. The molecule has 1 unspecified atom stereocenters. The molecule has 0 heterocycles. The molecule has 0 radical (unpaired) electrons. The smallest absolute Gasteiger partial charge is 0.0361 e. The third-order valence-corrected chi connectivity index (χ3v) is 5.90. The molecule has 0 amide bonds. The topological polar surface area (TPSA) is 26.0 Å². The van der Waals surface area contributed by atoms with E-state index in [1.165, 1.54) is 43.2 Å². The maximum Gasteiger partial charge on any atom is 0.0361 e. The molecule has 100 valence electrons. The fourth-order valence-corrected chi connectivity index (χ4v) is 4.01. The number of hydrogen-bond acceptors (Lipinski definition) is 1. The Morgan fingerprint density at radius 3 is 2.33 bits per heavy atom. The lowest BCUT2D eigenvalue weighted by Crippen LogP contribution is -2.34. The van der Waals surface area contributed by atoms with Gasteiger partial charge < -0.3 is 5.73 Å². The number of hydrogen-bond donors (Lipinski definition) is 1. The van der Waals surface area contributed by atoms with Gasteiger partial charge in [-0.1, -0.05) is 58.0 Å². The van der Waals surface area contributed by atoms with Crippen molar-refractivity contribution in [3.8, 4) is 0 Å². The van der Waals surface area contributed by atoms with Crippen molar-refractivity contribution in [1.82, 2.24) is 0 Å². The number of aryl methyl sites for hydroxylation is 1. The largest absolute Gasteiger partial charge is 0.323 e. The molecule has 0 spiro atoms. The van der Waals surface area contributed by atoms with Crippen molar-refractivity contribution < 1.29 is 0 Å². The van der Waals surface area contributed by atoms with E-state index < -0.39 is 0 Å². The molecule has 0 saturated heterocycles. The van der Waals surface area contributed by atoms with Crippen LogP contribution in [0.2, 0.25) is 0 Å². The Hall–Kier alpha value is 0.140. The van der Waals surface area contributed by atoms with Gasteiger partial charge >= 0.3 is 0 Å². The number of benzene rings is 1. The fourth-order valence-electron chi connectivity index (χ4n) is 2.95. The second kappa shape index (κ2) is 5.64. The van der Waals surface area contributed by atoms with Crippen LogP contribution in [0.15, 0.2) is 21.1 Å². The second-order valence-corrected chi connectivity index (χ2v) is 7.52. The van der Waals surface area contributed by atoms with Crippen LogP contribution in [0.1, 0.15) is 56.2 Å². The number of halogens is 2. The third kappa shape index (κ3) is 2.83. The van der Waals surface area contributed by atoms with E-state index in [9.17, 15) is 0 Å². The van der Waals surface area contributed by atoms with Gasteiger partial charge in [-0.3, -0.25) is 0 Å². The molecule has 1 aromatic rings. The summed E-state index contributed by atoms with van der Waals surface area (Å²) in [5, 5.41) is 0. The summed E-state index contributed by atoms with van der Waals surface area (Å²) in [6.07, 6.45) is 6.48. The summed E-state index contributed by atoms with van der Waals surface area (Å²) in [4.78, 5) is 0. The van der Waals surface area contributed by atoms with Crippen LogP contribution in [0.5, 0.6) is 0 Å². The van der Waals surface area contributed by atoms with Gasteiger partial charge in [-0.25, -0.2) is 0 Å². The zero-order chi connectivity index (χ0) is 13.3. The van der Waals surface area contributed by atoms with Crippen molar-refractivity contribution in [1.29, 1.82) is 0 Å². The van der Waals surface area contributed by atoms with Crippen LogP contribution in [0, 0.1) is 12.3 Å². The number of nitrogens with two attached hydrogens (primary N) is 1. The zero-order valence-corrected chi connectivity index (χ0v) is 14.3. The predicted molar refractivity (Wildman–Crippen MR) is 84.7 cm³/mol. The van der Waals surface area contributed by atoms with Gasteiger partial charge in [0.2, 0.25) is 0 Å². The molecule has 2 N–H and O–H groups in total. The van der Waals surface area contributed by atoms with Gasteiger partial charge in [0.05, 0.1) is 0 Å². The monoisotopic (exact) mass is 373 g/mol. The number of rotatable bonds is 2. The Morgan fingerprint density at radius 1 is 1.11 bits per heavy atom. The first-order valence-electron chi connectivity index (χ1n) is 6.65. The molecule has 18 heavy (non-hydrogen) atoms. The Balaban J connectivity index is 2.33. The minimum atomic E-state index is 0.115. The second-order valence-electron chi connectivity index (χ2n) is 5.82. The molecule has 1 aliphatic carbocycles. The molecule has 1 aliphatic rings. The van der Waals surface area contributed by atoms with Crippen molar-refractivity contribution in [2.24, 2.45) is 11.1 Å². The maximum atomic E-state index is 6.57. The first-order valence-corrected chi connectivity index (χ1v) is 8.24. The predicted octanol–water partition coefficient (Wildman–Crippen LogP) is 5.49. The first kappa shape index (κ1) is 14.5. The summed E-state index contributed by atoms with van der Waals surface area (Å²) in [6.45, 7) is 4.45. The van der Waals surface area contributed by atoms with Gasteiger partial charge in [0.1, 0.15) is 0 Å². The van der Waals surface area contributed by atoms with Gasteiger partial charge in [0.15, 0.2) is 0 Å². The molecular weight excluding hydrogens is 354 g/mol. The minimum Gasteiger partial charge on any atom is -0.323 e. The highest BCUT2D eigenvalue weighted by Gasteiger charge is 2.35. The van der Waals surface area contributed by atoms with Crippen molar-refractivity contribution in [3.63, 3.8) is 0 Å². The Morgan fingerprint density at radius 2 is 1.72 bits per heavy atom. The highest BCUT2D eigenvalue weighted by atomic mass is 79.9. The van der Waals surface area contributed by atoms with Crippen LogP contribution in [0.25, 0.3) is 0 Å². The van der Waals surface area contributed by atoms with Crippen molar-refractivity contribution in [2.75, 3.05) is 0 Å². The van der Waals surface area contributed by atoms with E-state index in [0.717, 1.165) is 8.95 Å². The Labute approximate surface area is 127 Å². The van der Waals surface area contributed by atoms with E-state index in [1.54, 1.807) is 0 Å². The van der Waals surface area contributed by atoms with Crippen LogP contribution in [-0.2, 0) is 0 Å². The fraction of sp³-hybridized carbons (Fsp3) is 0.600. The van der Waals surface area contributed by atoms with E-state index in [4.69, 9.17) is 5.73 Å².